The maximum Gasteiger partial charge on any atom is 0.315 e. The molecule has 0 fully saturated rings. The second kappa shape index (κ2) is 7.82. The topological polar surface area (TPSA) is 76.0 Å². The Labute approximate surface area is 151 Å². The molecule has 0 unspecified atom stereocenters. The van der Waals surface area contributed by atoms with Gasteiger partial charge in [-0.25, -0.2) is 9.78 Å². The SMILES string of the molecule is Cc1ncn(CCNC(=O)NCc2cccc3ccccc23)c(=O)c1C. The number of carbonyl (C=O) groups is 1. The molecule has 134 valence electrons. The molecule has 2 amide bonds. The van der Waals surface area contributed by atoms with Crippen molar-refractivity contribution in [3.05, 3.63) is 76.0 Å². The van der Waals surface area contributed by atoms with Gasteiger partial charge in [0.15, 0.2) is 0 Å². The van der Waals surface area contributed by atoms with Crippen LogP contribution in [-0.2, 0) is 13.1 Å². The summed E-state index contributed by atoms with van der Waals surface area (Å²) in [5.41, 5.74) is 2.35. The molecule has 1 aromatic heterocycles. The van der Waals surface area contributed by atoms with Gasteiger partial charge in [0.1, 0.15) is 0 Å². The van der Waals surface area contributed by atoms with E-state index in [1.807, 2.05) is 42.5 Å². The second-order valence-electron chi connectivity index (χ2n) is 6.20. The zero-order chi connectivity index (χ0) is 18.5. The van der Waals surface area contributed by atoms with E-state index in [0.29, 0.717) is 25.2 Å². The average Bonchev–Trinajstić information content (AvgIpc) is 2.66. The van der Waals surface area contributed by atoms with Crippen molar-refractivity contribution < 1.29 is 4.79 Å². The van der Waals surface area contributed by atoms with Crippen molar-refractivity contribution in [3.8, 4) is 0 Å². The van der Waals surface area contributed by atoms with E-state index in [9.17, 15) is 9.59 Å². The minimum atomic E-state index is -0.261. The zero-order valence-corrected chi connectivity index (χ0v) is 15.0. The van der Waals surface area contributed by atoms with Gasteiger partial charge in [0.25, 0.3) is 5.56 Å². The number of urea groups is 1. The number of nitrogens with zero attached hydrogens (tertiary/aromatic N) is 2. The molecule has 0 aliphatic carbocycles. The first kappa shape index (κ1) is 17.7. The Hall–Kier alpha value is -3.15. The largest absolute Gasteiger partial charge is 0.336 e. The van der Waals surface area contributed by atoms with E-state index in [0.717, 1.165) is 22.0 Å². The lowest BCUT2D eigenvalue weighted by atomic mass is 10.0. The fraction of sp³-hybridized carbons (Fsp3) is 0.250. The van der Waals surface area contributed by atoms with Crippen molar-refractivity contribution in [2.75, 3.05) is 6.54 Å². The molecule has 3 rings (SSSR count). The molecule has 2 N–H and O–H groups in total. The number of amides is 2. The number of fused-ring (bicyclic) bond motifs is 1. The lowest BCUT2D eigenvalue weighted by Crippen LogP contribution is -2.38. The molecule has 3 aromatic rings. The first-order valence-electron chi connectivity index (χ1n) is 8.57. The molecule has 0 atom stereocenters. The van der Waals surface area contributed by atoms with Gasteiger partial charge in [-0.3, -0.25) is 9.36 Å². The molecule has 0 spiro atoms. The summed E-state index contributed by atoms with van der Waals surface area (Å²) in [4.78, 5) is 28.3. The monoisotopic (exact) mass is 350 g/mol. The molecule has 0 aliphatic rings. The molecule has 0 aliphatic heterocycles. The van der Waals surface area contributed by atoms with Crippen molar-refractivity contribution in [2.24, 2.45) is 0 Å². The molecule has 0 saturated heterocycles. The summed E-state index contributed by atoms with van der Waals surface area (Å²) in [6.45, 7) is 4.74. The fourth-order valence-corrected chi connectivity index (χ4v) is 2.81. The highest BCUT2D eigenvalue weighted by Crippen LogP contribution is 2.18. The van der Waals surface area contributed by atoms with Crippen LogP contribution in [0.1, 0.15) is 16.8 Å². The first-order valence-corrected chi connectivity index (χ1v) is 8.57. The van der Waals surface area contributed by atoms with E-state index in [1.54, 1.807) is 13.8 Å². The molecular weight excluding hydrogens is 328 g/mol. The van der Waals surface area contributed by atoms with Gasteiger partial charge in [-0.05, 0) is 30.2 Å². The predicted molar refractivity (Wildman–Crippen MR) is 102 cm³/mol. The van der Waals surface area contributed by atoms with Crippen molar-refractivity contribution in [1.82, 2.24) is 20.2 Å². The summed E-state index contributed by atoms with van der Waals surface area (Å²) < 4.78 is 1.51. The van der Waals surface area contributed by atoms with E-state index in [2.05, 4.69) is 15.6 Å². The van der Waals surface area contributed by atoms with Gasteiger partial charge < -0.3 is 10.6 Å². The minimum Gasteiger partial charge on any atom is -0.336 e. The van der Waals surface area contributed by atoms with Crippen molar-refractivity contribution in [1.29, 1.82) is 0 Å². The third kappa shape index (κ3) is 3.91. The van der Waals surface area contributed by atoms with Crippen LogP contribution in [0.3, 0.4) is 0 Å². The lowest BCUT2D eigenvalue weighted by molar-refractivity contribution is 0.240. The van der Waals surface area contributed by atoms with Crippen LogP contribution in [-0.4, -0.2) is 22.1 Å². The summed E-state index contributed by atoms with van der Waals surface area (Å²) in [6, 6.07) is 13.9. The highest BCUT2D eigenvalue weighted by Gasteiger charge is 2.06. The standard InChI is InChI=1S/C20H22N4O2/c1-14-15(2)23-13-24(19(14)25)11-10-21-20(26)22-12-17-8-5-7-16-6-3-4-9-18(16)17/h3-9,13H,10-12H2,1-2H3,(H2,21,22,26). The number of carbonyl (C=O) groups excluding carboxylic acids is 1. The lowest BCUT2D eigenvalue weighted by Gasteiger charge is -2.11. The van der Waals surface area contributed by atoms with Gasteiger partial charge in [-0.2, -0.15) is 0 Å². The summed E-state index contributed by atoms with van der Waals surface area (Å²) in [7, 11) is 0. The second-order valence-corrected chi connectivity index (χ2v) is 6.20. The molecule has 26 heavy (non-hydrogen) atoms. The van der Waals surface area contributed by atoms with Crippen molar-refractivity contribution in [3.63, 3.8) is 0 Å². The number of rotatable bonds is 5. The Kier molecular flexibility index (Phi) is 5.31. The van der Waals surface area contributed by atoms with Gasteiger partial charge >= 0.3 is 6.03 Å². The van der Waals surface area contributed by atoms with Crippen LogP contribution >= 0.6 is 0 Å². The molecule has 0 saturated carbocycles. The van der Waals surface area contributed by atoms with Gasteiger partial charge in [0, 0.05) is 30.9 Å². The Morgan fingerprint density at radius 2 is 1.85 bits per heavy atom. The van der Waals surface area contributed by atoms with Gasteiger partial charge in [-0.1, -0.05) is 42.5 Å². The van der Waals surface area contributed by atoms with Gasteiger partial charge in [-0.15, -0.1) is 0 Å². The highest BCUT2D eigenvalue weighted by atomic mass is 16.2. The van der Waals surface area contributed by atoms with Crippen LogP contribution in [0.2, 0.25) is 0 Å². The molecular formula is C20H22N4O2. The Balaban J connectivity index is 1.53. The van der Waals surface area contributed by atoms with E-state index in [-0.39, 0.29) is 11.6 Å². The zero-order valence-electron chi connectivity index (χ0n) is 15.0. The van der Waals surface area contributed by atoms with Gasteiger partial charge in [0.05, 0.1) is 6.33 Å². The fourth-order valence-electron chi connectivity index (χ4n) is 2.81. The third-order valence-electron chi connectivity index (χ3n) is 4.47. The van der Waals surface area contributed by atoms with Crippen LogP contribution in [0, 0.1) is 13.8 Å². The maximum absolute atomic E-state index is 12.1. The Morgan fingerprint density at radius 1 is 1.08 bits per heavy atom. The van der Waals surface area contributed by atoms with Crippen LogP contribution in [0.25, 0.3) is 10.8 Å². The molecule has 1 heterocycles. The average molecular weight is 350 g/mol. The molecule has 6 nitrogen and oxygen atoms in total. The normalized spacial score (nSPS) is 10.7. The van der Waals surface area contributed by atoms with Crippen molar-refractivity contribution >= 4 is 16.8 Å². The minimum absolute atomic E-state index is 0.0736. The quantitative estimate of drug-likeness (QED) is 0.742. The van der Waals surface area contributed by atoms with Crippen molar-refractivity contribution in [2.45, 2.75) is 26.9 Å². The van der Waals surface area contributed by atoms with Crippen LogP contribution < -0.4 is 16.2 Å². The third-order valence-corrected chi connectivity index (χ3v) is 4.47. The number of hydrogen-bond donors (Lipinski definition) is 2. The summed E-state index contributed by atoms with van der Waals surface area (Å²) in [5, 5.41) is 7.91. The number of benzene rings is 2. The van der Waals surface area contributed by atoms with Crippen LogP contribution in [0.15, 0.2) is 53.6 Å². The first-order chi connectivity index (χ1) is 12.6. The van der Waals surface area contributed by atoms with Crippen LogP contribution in [0.4, 0.5) is 4.79 Å². The smallest absolute Gasteiger partial charge is 0.315 e. The van der Waals surface area contributed by atoms with E-state index in [1.165, 1.54) is 10.9 Å². The summed E-state index contributed by atoms with van der Waals surface area (Å²) in [5.74, 6) is 0. The molecule has 0 bridgehead atoms. The van der Waals surface area contributed by atoms with E-state index < -0.39 is 0 Å². The van der Waals surface area contributed by atoms with Crippen LogP contribution in [0.5, 0.6) is 0 Å². The molecule has 6 heteroatoms. The number of nitrogens with one attached hydrogen (secondary N) is 2. The summed E-state index contributed by atoms with van der Waals surface area (Å²) >= 11 is 0. The van der Waals surface area contributed by atoms with E-state index >= 15 is 0 Å². The molecule has 0 radical (unpaired) electrons. The summed E-state index contributed by atoms with van der Waals surface area (Å²) in [6.07, 6.45) is 1.51. The number of aromatic nitrogens is 2. The Morgan fingerprint density at radius 3 is 2.69 bits per heavy atom. The Bertz CT molecular complexity index is 989. The predicted octanol–water partition coefficient (Wildman–Crippen LogP) is 2.51. The maximum atomic E-state index is 12.1. The highest BCUT2D eigenvalue weighted by molar-refractivity contribution is 5.86. The number of hydrogen-bond acceptors (Lipinski definition) is 3. The van der Waals surface area contributed by atoms with Gasteiger partial charge in [0.2, 0.25) is 0 Å². The number of aryl methyl sites for hydroxylation is 1. The molecule has 2 aromatic carbocycles. The van der Waals surface area contributed by atoms with E-state index in [4.69, 9.17) is 0 Å².